The Hall–Kier alpha value is -2.03. The summed E-state index contributed by atoms with van der Waals surface area (Å²) in [4.78, 5) is 6.65. The monoisotopic (exact) mass is 267 g/mol. The SMILES string of the molecule is Cc1ccncc1CNc1cccc(N2CCCC2)c1. The molecule has 1 aliphatic heterocycles. The van der Waals surface area contributed by atoms with Crippen molar-refractivity contribution in [1.29, 1.82) is 0 Å². The van der Waals surface area contributed by atoms with E-state index in [-0.39, 0.29) is 0 Å². The topological polar surface area (TPSA) is 28.2 Å². The Morgan fingerprint density at radius 1 is 1.20 bits per heavy atom. The molecule has 20 heavy (non-hydrogen) atoms. The van der Waals surface area contributed by atoms with Gasteiger partial charge >= 0.3 is 0 Å². The van der Waals surface area contributed by atoms with Crippen LogP contribution in [0, 0.1) is 6.92 Å². The molecule has 0 spiro atoms. The van der Waals surface area contributed by atoms with E-state index in [9.17, 15) is 0 Å². The van der Waals surface area contributed by atoms with Crippen molar-refractivity contribution in [2.24, 2.45) is 0 Å². The Balaban J connectivity index is 1.68. The number of benzene rings is 1. The normalized spacial score (nSPS) is 14.6. The number of aromatic nitrogens is 1. The van der Waals surface area contributed by atoms with Gasteiger partial charge in [-0.3, -0.25) is 4.98 Å². The Labute approximate surface area is 120 Å². The molecular formula is C17H21N3. The Kier molecular flexibility index (Phi) is 3.86. The van der Waals surface area contributed by atoms with Gasteiger partial charge in [0.15, 0.2) is 0 Å². The molecule has 0 radical (unpaired) electrons. The van der Waals surface area contributed by atoms with Crippen LogP contribution in [0.3, 0.4) is 0 Å². The van der Waals surface area contributed by atoms with Crippen molar-refractivity contribution >= 4 is 11.4 Å². The predicted octanol–water partition coefficient (Wildman–Crippen LogP) is 3.60. The van der Waals surface area contributed by atoms with Crippen molar-refractivity contribution < 1.29 is 0 Å². The molecule has 3 nitrogen and oxygen atoms in total. The molecule has 1 aromatic heterocycles. The number of nitrogens with zero attached hydrogens (tertiary/aromatic N) is 2. The van der Waals surface area contributed by atoms with Crippen molar-refractivity contribution in [3.63, 3.8) is 0 Å². The number of anilines is 2. The molecule has 0 unspecified atom stereocenters. The summed E-state index contributed by atoms with van der Waals surface area (Å²) in [6.45, 7) is 5.32. The summed E-state index contributed by atoms with van der Waals surface area (Å²) in [6.07, 6.45) is 6.40. The second kappa shape index (κ2) is 5.95. The lowest BCUT2D eigenvalue weighted by atomic mass is 10.1. The molecule has 1 fully saturated rings. The van der Waals surface area contributed by atoms with Crippen LogP contribution in [0.5, 0.6) is 0 Å². The fourth-order valence-electron chi connectivity index (χ4n) is 2.67. The van der Waals surface area contributed by atoms with E-state index in [1.54, 1.807) is 0 Å². The number of rotatable bonds is 4. The average Bonchev–Trinajstić information content (AvgIpc) is 3.01. The lowest BCUT2D eigenvalue weighted by molar-refractivity contribution is 0.949. The van der Waals surface area contributed by atoms with Crippen LogP contribution in [-0.4, -0.2) is 18.1 Å². The lowest BCUT2D eigenvalue weighted by Crippen LogP contribution is -2.17. The molecule has 3 heteroatoms. The molecule has 3 rings (SSSR count). The first kappa shape index (κ1) is 13.0. The van der Waals surface area contributed by atoms with Gasteiger partial charge in [0, 0.05) is 43.4 Å². The van der Waals surface area contributed by atoms with Crippen LogP contribution < -0.4 is 10.2 Å². The molecule has 0 atom stereocenters. The standard InChI is InChI=1S/C17H21N3/c1-14-7-8-18-12-15(14)13-19-16-5-4-6-17(11-16)20-9-2-3-10-20/h4-8,11-12,19H,2-3,9-10,13H2,1H3. The molecule has 104 valence electrons. The summed E-state index contributed by atoms with van der Waals surface area (Å²) in [5.41, 5.74) is 5.04. The highest BCUT2D eigenvalue weighted by atomic mass is 15.1. The largest absolute Gasteiger partial charge is 0.381 e. The third kappa shape index (κ3) is 2.93. The van der Waals surface area contributed by atoms with E-state index < -0.39 is 0 Å². The highest BCUT2D eigenvalue weighted by molar-refractivity contribution is 5.58. The first-order valence-corrected chi connectivity index (χ1v) is 7.31. The van der Waals surface area contributed by atoms with Gasteiger partial charge in [0.2, 0.25) is 0 Å². The van der Waals surface area contributed by atoms with Crippen LogP contribution in [0.15, 0.2) is 42.7 Å². The third-order valence-electron chi connectivity index (χ3n) is 3.95. The van der Waals surface area contributed by atoms with Gasteiger partial charge in [0.05, 0.1) is 0 Å². The van der Waals surface area contributed by atoms with Crippen LogP contribution in [0.2, 0.25) is 0 Å². The van der Waals surface area contributed by atoms with E-state index in [1.165, 1.54) is 48.4 Å². The van der Waals surface area contributed by atoms with Crippen molar-refractivity contribution in [3.8, 4) is 0 Å². The maximum absolute atomic E-state index is 4.19. The second-order valence-electron chi connectivity index (χ2n) is 5.40. The van der Waals surface area contributed by atoms with Crippen molar-refractivity contribution in [2.75, 3.05) is 23.3 Å². The lowest BCUT2D eigenvalue weighted by Gasteiger charge is -2.18. The minimum absolute atomic E-state index is 0.823. The van der Waals surface area contributed by atoms with E-state index in [0.717, 1.165) is 6.54 Å². The predicted molar refractivity (Wildman–Crippen MR) is 84.2 cm³/mol. The molecular weight excluding hydrogens is 246 g/mol. The van der Waals surface area contributed by atoms with Gasteiger partial charge in [0.1, 0.15) is 0 Å². The summed E-state index contributed by atoms with van der Waals surface area (Å²) >= 11 is 0. The molecule has 1 saturated heterocycles. The first-order valence-electron chi connectivity index (χ1n) is 7.31. The number of pyridine rings is 1. The summed E-state index contributed by atoms with van der Waals surface area (Å²) in [6, 6.07) is 10.8. The molecule has 1 aliphatic rings. The van der Waals surface area contributed by atoms with Crippen LogP contribution in [0.4, 0.5) is 11.4 Å². The quantitative estimate of drug-likeness (QED) is 0.917. The van der Waals surface area contributed by atoms with E-state index in [2.05, 4.69) is 52.5 Å². The van der Waals surface area contributed by atoms with E-state index >= 15 is 0 Å². The maximum atomic E-state index is 4.19. The molecule has 1 aromatic carbocycles. The summed E-state index contributed by atoms with van der Waals surface area (Å²) in [5, 5.41) is 3.50. The number of nitrogens with one attached hydrogen (secondary N) is 1. The fourth-order valence-corrected chi connectivity index (χ4v) is 2.67. The number of aryl methyl sites for hydroxylation is 1. The molecule has 2 heterocycles. The van der Waals surface area contributed by atoms with Gasteiger partial charge in [-0.25, -0.2) is 0 Å². The summed E-state index contributed by atoms with van der Waals surface area (Å²) < 4.78 is 0. The zero-order valence-electron chi connectivity index (χ0n) is 12.0. The summed E-state index contributed by atoms with van der Waals surface area (Å²) in [7, 11) is 0. The Bertz CT molecular complexity index is 574. The average molecular weight is 267 g/mol. The number of hydrogen-bond donors (Lipinski definition) is 1. The van der Waals surface area contributed by atoms with Crippen molar-refractivity contribution in [1.82, 2.24) is 4.98 Å². The smallest absolute Gasteiger partial charge is 0.0418 e. The van der Waals surface area contributed by atoms with Gasteiger partial charge in [-0.05, 0) is 55.2 Å². The van der Waals surface area contributed by atoms with Crippen LogP contribution >= 0.6 is 0 Å². The minimum Gasteiger partial charge on any atom is -0.381 e. The number of hydrogen-bond acceptors (Lipinski definition) is 3. The van der Waals surface area contributed by atoms with Gasteiger partial charge in [-0.1, -0.05) is 6.07 Å². The Morgan fingerprint density at radius 2 is 2.05 bits per heavy atom. The van der Waals surface area contributed by atoms with Gasteiger partial charge in [-0.2, -0.15) is 0 Å². The molecule has 0 saturated carbocycles. The highest BCUT2D eigenvalue weighted by Gasteiger charge is 2.12. The van der Waals surface area contributed by atoms with Crippen LogP contribution in [-0.2, 0) is 6.54 Å². The van der Waals surface area contributed by atoms with Gasteiger partial charge in [0.25, 0.3) is 0 Å². The molecule has 2 aromatic rings. The fraction of sp³-hybridized carbons (Fsp3) is 0.353. The highest BCUT2D eigenvalue weighted by Crippen LogP contribution is 2.23. The third-order valence-corrected chi connectivity index (χ3v) is 3.95. The summed E-state index contributed by atoms with van der Waals surface area (Å²) in [5.74, 6) is 0. The molecule has 0 amide bonds. The zero-order chi connectivity index (χ0) is 13.8. The van der Waals surface area contributed by atoms with Gasteiger partial charge < -0.3 is 10.2 Å². The van der Waals surface area contributed by atoms with Crippen LogP contribution in [0.1, 0.15) is 24.0 Å². The Morgan fingerprint density at radius 3 is 2.85 bits per heavy atom. The van der Waals surface area contributed by atoms with Crippen molar-refractivity contribution in [2.45, 2.75) is 26.3 Å². The zero-order valence-corrected chi connectivity index (χ0v) is 12.0. The van der Waals surface area contributed by atoms with E-state index in [1.807, 2.05) is 12.4 Å². The van der Waals surface area contributed by atoms with E-state index in [0.29, 0.717) is 0 Å². The van der Waals surface area contributed by atoms with Crippen LogP contribution in [0.25, 0.3) is 0 Å². The van der Waals surface area contributed by atoms with E-state index in [4.69, 9.17) is 0 Å². The second-order valence-corrected chi connectivity index (χ2v) is 5.40. The van der Waals surface area contributed by atoms with Gasteiger partial charge in [-0.15, -0.1) is 0 Å². The first-order chi connectivity index (χ1) is 9.83. The molecule has 0 aliphatic carbocycles. The maximum Gasteiger partial charge on any atom is 0.0418 e. The minimum atomic E-state index is 0.823. The molecule has 1 N–H and O–H groups in total. The molecule has 0 bridgehead atoms. The van der Waals surface area contributed by atoms with Crippen molar-refractivity contribution in [3.05, 3.63) is 53.9 Å².